The van der Waals surface area contributed by atoms with Gasteiger partial charge in [0.1, 0.15) is 5.75 Å². The molecule has 1 atom stereocenters. The molecule has 1 unspecified atom stereocenters. The lowest BCUT2D eigenvalue weighted by Gasteiger charge is -2.34. The summed E-state index contributed by atoms with van der Waals surface area (Å²) in [7, 11) is 1.68. The zero-order chi connectivity index (χ0) is 19.3. The summed E-state index contributed by atoms with van der Waals surface area (Å²) in [5.41, 5.74) is 1.52. The molecule has 3 heterocycles. The summed E-state index contributed by atoms with van der Waals surface area (Å²) in [5, 5.41) is 14.8. The average Bonchev–Trinajstić information content (AvgIpc) is 3.25. The highest BCUT2D eigenvalue weighted by molar-refractivity contribution is 5.92. The van der Waals surface area contributed by atoms with Gasteiger partial charge in [-0.05, 0) is 50.9 Å². The number of piperidine rings is 2. The van der Waals surface area contributed by atoms with Crippen molar-refractivity contribution < 1.29 is 9.53 Å². The molecule has 0 saturated carbocycles. The normalized spacial score (nSPS) is 19.4. The van der Waals surface area contributed by atoms with Crippen LogP contribution in [0.25, 0.3) is 0 Å². The van der Waals surface area contributed by atoms with Crippen molar-refractivity contribution in [1.29, 1.82) is 0 Å². The van der Waals surface area contributed by atoms with Gasteiger partial charge in [-0.2, -0.15) is 0 Å². The molecule has 2 saturated heterocycles. The second-order valence-electron chi connectivity index (χ2n) is 7.53. The molecule has 1 amide bonds. The molecule has 0 bridgehead atoms. The first-order valence-electron chi connectivity index (χ1n) is 10.1. The number of amides is 1. The third-order valence-electron chi connectivity index (χ3n) is 5.60. The Kier molecular flexibility index (Phi) is 9.20. The van der Waals surface area contributed by atoms with Gasteiger partial charge in [-0.25, -0.2) is 4.68 Å². The number of halogens is 2. The molecule has 166 valence electrons. The first-order chi connectivity index (χ1) is 13.7. The van der Waals surface area contributed by atoms with Crippen LogP contribution in [0.15, 0.2) is 30.5 Å². The molecule has 2 aliphatic heterocycles. The second-order valence-corrected chi connectivity index (χ2v) is 7.53. The summed E-state index contributed by atoms with van der Waals surface area (Å²) < 4.78 is 7.18. The fraction of sp³-hybridized carbons (Fsp3) is 0.550. The Morgan fingerprint density at radius 1 is 1.23 bits per heavy atom. The Morgan fingerprint density at radius 2 is 2.03 bits per heavy atom. The van der Waals surface area contributed by atoms with Gasteiger partial charge in [0, 0.05) is 30.9 Å². The highest BCUT2D eigenvalue weighted by atomic mass is 35.5. The molecule has 2 N–H and O–H groups in total. The maximum atomic E-state index is 12.7. The Balaban J connectivity index is 0.00000160. The van der Waals surface area contributed by atoms with E-state index >= 15 is 0 Å². The summed E-state index contributed by atoms with van der Waals surface area (Å²) in [6, 6.07) is 8.48. The first kappa shape index (κ1) is 24.2. The Labute approximate surface area is 189 Å². The van der Waals surface area contributed by atoms with E-state index in [9.17, 15) is 4.79 Å². The quantitative estimate of drug-likeness (QED) is 0.718. The molecule has 0 spiro atoms. The van der Waals surface area contributed by atoms with Crippen molar-refractivity contribution in [3.05, 3.63) is 36.2 Å². The summed E-state index contributed by atoms with van der Waals surface area (Å²) in [6.07, 6.45) is 5.82. The maximum Gasteiger partial charge on any atom is 0.273 e. The minimum absolute atomic E-state index is 0. The van der Waals surface area contributed by atoms with E-state index in [4.69, 9.17) is 4.74 Å². The Morgan fingerprint density at radius 3 is 2.80 bits per heavy atom. The molecule has 2 fully saturated rings. The van der Waals surface area contributed by atoms with Gasteiger partial charge in [-0.15, -0.1) is 29.9 Å². The van der Waals surface area contributed by atoms with Crippen LogP contribution >= 0.6 is 24.8 Å². The number of carbonyl (C=O) groups is 1. The highest BCUT2D eigenvalue weighted by Gasteiger charge is 2.24. The number of aromatic nitrogens is 3. The molecular weight excluding hydrogens is 427 g/mol. The van der Waals surface area contributed by atoms with E-state index in [1.54, 1.807) is 13.3 Å². The molecule has 0 aliphatic carbocycles. The van der Waals surface area contributed by atoms with Crippen molar-refractivity contribution in [3.63, 3.8) is 0 Å². The van der Waals surface area contributed by atoms with E-state index < -0.39 is 0 Å². The molecule has 2 aliphatic rings. The van der Waals surface area contributed by atoms with Crippen LogP contribution in [0.1, 0.15) is 42.2 Å². The molecule has 1 aromatic carbocycles. The van der Waals surface area contributed by atoms with Crippen molar-refractivity contribution >= 4 is 36.4 Å². The van der Waals surface area contributed by atoms with E-state index in [1.807, 2.05) is 22.9 Å². The van der Waals surface area contributed by atoms with E-state index in [2.05, 4.69) is 31.9 Å². The SMILES string of the molecule is COc1cccc(N2CCCC(NC(=O)c3cn(C4CCNCC4)nn3)C2)c1.Cl.Cl. The summed E-state index contributed by atoms with van der Waals surface area (Å²) in [6.45, 7) is 3.72. The van der Waals surface area contributed by atoms with Crippen LogP contribution in [0, 0.1) is 0 Å². The van der Waals surface area contributed by atoms with Gasteiger partial charge in [0.2, 0.25) is 0 Å². The van der Waals surface area contributed by atoms with Crippen molar-refractivity contribution in [2.45, 2.75) is 37.8 Å². The molecule has 30 heavy (non-hydrogen) atoms. The molecule has 2 aromatic rings. The third-order valence-corrected chi connectivity index (χ3v) is 5.60. The topological polar surface area (TPSA) is 84.3 Å². The minimum atomic E-state index is -0.141. The molecule has 1 aromatic heterocycles. The number of carbonyl (C=O) groups excluding carboxylic acids is 1. The number of methoxy groups -OCH3 is 1. The summed E-state index contributed by atoms with van der Waals surface area (Å²) in [4.78, 5) is 15.0. The van der Waals surface area contributed by atoms with Crippen molar-refractivity contribution in [3.8, 4) is 5.75 Å². The number of ether oxygens (including phenoxy) is 1. The van der Waals surface area contributed by atoms with Crippen molar-refractivity contribution in [2.24, 2.45) is 0 Å². The van der Waals surface area contributed by atoms with Crippen molar-refractivity contribution in [2.75, 3.05) is 38.2 Å². The number of hydrogen-bond acceptors (Lipinski definition) is 6. The van der Waals surface area contributed by atoms with Crippen molar-refractivity contribution in [1.82, 2.24) is 25.6 Å². The average molecular weight is 457 g/mol. The standard InChI is InChI=1S/C20H28N6O2.2ClH/c1-28-18-6-2-5-17(12-18)25-11-3-4-15(13-25)22-20(27)19-14-26(24-23-19)16-7-9-21-10-8-16;;/h2,5-6,12,14-16,21H,3-4,7-11,13H2,1H3,(H,22,27);2*1H. The van der Waals surface area contributed by atoms with Gasteiger partial charge in [0.25, 0.3) is 5.91 Å². The van der Waals surface area contributed by atoms with Crippen LogP contribution in [-0.4, -0.2) is 60.2 Å². The van der Waals surface area contributed by atoms with E-state index in [0.717, 1.165) is 63.3 Å². The molecule has 4 rings (SSSR count). The Bertz CT molecular complexity index is 812. The number of nitrogens with zero attached hydrogens (tertiary/aromatic N) is 4. The smallest absolute Gasteiger partial charge is 0.273 e. The van der Waals surface area contributed by atoms with Gasteiger partial charge < -0.3 is 20.3 Å². The van der Waals surface area contributed by atoms with E-state index in [0.29, 0.717) is 11.7 Å². The number of hydrogen-bond donors (Lipinski definition) is 2. The molecule has 10 heteroatoms. The van der Waals surface area contributed by atoms with Crippen LogP contribution in [0.2, 0.25) is 0 Å². The molecule has 0 radical (unpaired) electrons. The van der Waals surface area contributed by atoms with Gasteiger partial charge in [0.05, 0.1) is 19.3 Å². The predicted octanol–water partition coefficient (Wildman–Crippen LogP) is 2.45. The first-order valence-corrected chi connectivity index (χ1v) is 10.1. The van der Waals surface area contributed by atoms with Gasteiger partial charge >= 0.3 is 0 Å². The lowest BCUT2D eigenvalue weighted by Crippen LogP contribution is -2.48. The maximum absolute atomic E-state index is 12.7. The number of nitrogens with one attached hydrogen (secondary N) is 2. The third kappa shape index (κ3) is 5.77. The van der Waals surface area contributed by atoms with Crippen LogP contribution in [0.3, 0.4) is 0 Å². The largest absolute Gasteiger partial charge is 0.497 e. The fourth-order valence-electron chi connectivity index (χ4n) is 4.03. The van der Waals surface area contributed by atoms with Crippen LogP contribution in [0.4, 0.5) is 5.69 Å². The summed E-state index contributed by atoms with van der Waals surface area (Å²) in [5.74, 6) is 0.705. The van der Waals surface area contributed by atoms with Crippen LogP contribution in [-0.2, 0) is 0 Å². The monoisotopic (exact) mass is 456 g/mol. The minimum Gasteiger partial charge on any atom is -0.497 e. The number of anilines is 1. The van der Waals surface area contributed by atoms with E-state index in [1.165, 1.54) is 0 Å². The van der Waals surface area contributed by atoms with Gasteiger partial charge in [-0.1, -0.05) is 11.3 Å². The number of rotatable bonds is 5. The highest BCUT2D eigenvalue weighted by Crippen LogP contribution is 2.24. The Hall–Kier alpha value is -2.03. The number of benzene rings is 1. The van der Waals surface area contributed by atoms with Gasteiger partial charge in [-0.3, -0.25) is 4.79 Å². The van der Waals surface area contributed by atoms with Crippen LogP contribution in [0.5, 0.6) is 5.75 Å². The van der Waals surface area contributed by atoms with E-state index in [-0.39, 0.29) is 36.8 Å². The zero-order valence-corrected chi connectivity index (χ0v) is 18.8. The van der Waals surface area contributed by atoms with Crippen LogP contribution < -0.4 is 20.3 Å². The second kappa shape index (κ2) is 11.4. The molecular formula is C20H30Cl2N6O2. The molecule has 8 nitrogen and oxygen atoms in total. The predicted molar refractivity (Wildman–Crippen MR) is 121 cm³/mol. The lowest BCUT2D eigenvalue weighted by molar-refractivity contribution is 0.0928. The van der Waals surface area contributed by atoms with Gasteiger partial charge in [0.15, 0.2) is 5.69 Å². The fourth-order valence-corrected chi connectivity index (χ4v) is 4.03. The lowest BCUT2D eigenvalue weighted by atomic mass is 10.0. The summed E-state index contributed by atoms with van der Waals surface area (Å²) >= 11 is 0. The zero-order valence-electron chi connectivity index (χ0n) is 17.1.